The fourth-order valence-electron chi connectivity index (χ4n) is 1.23. The molecule has 1 N–H and O–H groups in total. The van der Waals surface area contributed by atoms with Crippen LogP contribution in [-0.2, 0) is 0 Å². The maximum absolute atomic E-state index is 11.7. The highest BCUT2D eigenvalue weighted by atomic mass is 16.1. The van der Waals surface area contributed by atoms with Crippen LogP contribution in [0, 0.1) is 6.92 Å². The summed E-state index contributed by atoms with van der Waals surface area (Å²) in [7, 11) is 0. The van der Waals surface area contributed by atoms with Crippen molar-refractivity contribution < 1.29 is 4.79 Å². The molecule has 2 rings (SSSR count). The molecular weight excluding hydrogens is 202 g/mol. The summed E-state index contributed by atoms with van der Waals surface area (Å²) >= 11 is 0. The predicted octanol–water partition coefficient (Wildman–Crippen LogP) is 2.04. The Morgan fingerprint density at radius 1 is 1.25 bits per heavy atom. The largest absolute Gasteiger partial charge is 0.307 e. The van der Waals surface area contributed by atoms with Gasteiger partial charge in [-0.05, 0) is 30.7 Å². The lowest BCUT2D eigenvalue weighted by Crippen LogP contribution is -2.12. The topological polar surface area (TPSA) is 54.9 Å². The number of pyridine rings is 2. The number of nitrogens with one attached hydrogen (secondary N) is 1. The standard InChI is InChI=1S/C12H11N3O/c1-9-4-5-11(14-7-9)15-12(16)10-3-2-6-13-8-10/h2-8H,1H3,(H,14,15,16). The predicted molar refractivity (Wildman–Crippen MR) is 61.2 cm³/mol. The first-order chi connectivity index (χ1) is 7.75. The van der Waals surface area contributed by atoms with Crippen molar-refractivity contribution in [1.29, 1.82) is 0 Å². The van der Waals surface area contributed by atoms with Crippen LogP contribution < -0.4 is 5.32 Å². The van der Waals surface area contributed by atoms with Gasteiger partial charge in [0, 0.05) is 18.6 Å². The number of carbonyl (C=O) groups is 1. The van der Waals surface area contributed by atoms with Crippen molar-refractivity contribution in [2.45, 2.75) is 6.92 Å². The molecule has 0 spiro atoms. The Morgan fingerprint density at radius 3 is 2.75 bits per heavy atom. The van der Waals surface area contributed by atoms with E-state index in [0.717, 1.165) is 5.56 Å². The summed E-state index contributed by atoms with van der Waals surface area (Å²) in [4.78, 5) is 19.7. The van der Waals surface area contributed by atoms with E-state index in [4.69, 9.17) is 0 Å². The molecule has 2 aromatic heterocycles. The Kier molecular flexibility index (Phi) is 2.91. The zero-order valence-corrected chi connectivity index (χ0v) is 8.84. The number of carbonyl (C=O) groups excluding carboxylic acids is 1. The van der Waals surface area contributed by atoms with Gasteiger partial charge in [0.1, 0.15) is 5.82 Å². The molecule has 0 unspecified atom stereocenters. The lowest BCUT2D eigenvalue weighted by molar-refractivity contribution is 0.102. The molecule has 80 valence electrons. The number of anilines is 1. The van der Waals surface area contributed by atoms with Gasteiger partial charge < -0.3 is 5.32 Å². The van der Waals surface area contributed by atoms with Gasteiger partial charge in [-0.25, -0.2) is 4.98 Å². The summed E-state index contributed by atoms with van der Waals surface area (Å²) in [6.07, 6.45) is 4.85. The van der Waals surface area contributed by atoms with Crippen molar-refractivity contribution in [3.05, 3.63) is 54.0 Å². The van der Waals surface area contributed by atoms with E-state index in [2.05, 4.69) is 15.3 Å². The van der Waals surface area contributed by atoms with E-state index in [1.165, 1.54) is 6.20 Å². The minimum Gasteiger partial charge on any atom is -0.307 e. The van der Waals surface area contributed by atoms with E-state index in [1.807, 2.05) is 13.0 Å². The molecule has 0 bridgehead atoms. The monoisotopic (exact) mass is 213 g/mol. The minimum absolute atomic E-state index is 0.204. The molecule has 4 nitrogen and oxygen atoms in total. The molecule has 4 heteroatoms. The van der Waals surface area contributed by atoms with E-state index < -0.39 is 0 Å². The van der Waals surface area contributed by atoms with Crippen LogP contribution in [0.1, 0.15) is 15.9 Å². The third kappa shape index (κ3) is 2.42. The van der Waals surface area contributed by atoms with E-state index in [-0.39, 0.29) is 5.91 Å². The second-order valence-electron chi connectivity index (χ2n) is 3.42. The van der Waals surface area contributed by atoms with Crippen LogP contribution in [0.3, 0.4) is 0 Å². The number of aromatic nitrogens is 2. The molecule has 0 saturated heterocycles. The van der Waals surface area contributed by atoms with Crippen LogP contribution in [0.4, 0.5) is 5.82 Å². The summed E-state index contributed by atoms with van der Waals surface area (Å²) in [5, 5.41) is 2.70. The second-order valence-corrected chi connectivity index (χ2v) is 3.42. The molecular formula is C12H11N3O. The van der Waals surface area contributed by atoms with Crippen LogP contribution in [0.2, 0.25) is 0 Å². The van der Waals surface area contributed by atoms with Crippen molar-refractivity contribution in [3.8, 4) is 0 Å². The van der Waals surface area contributed by atoms with Gasteiger partial charge in [0.2, 0.25) is 0 Å². The van der Waals surface area contributed by atoms with E-state index in [1.54, 1.807) is 30.6 Å². The van der Waals surface area contributed by atoms with Gasteiger partial charge >= 0.3 is 0 Å². The molecule has 0 aromatic carbocycles. The highest BCUT2D eigenvalue weighted by Gasteiger charge is 2.05. The van der Waals surface area contributed by atoms with Crippen molar-refractivity contribution >= 4 is 11.7 Å². The van der Waals surface area contributed by atoms with Crippen LogP contribution in [0.5, 0.6) is 0 Å². The van der Waals surface area contributed by atoms with Crippen LogP contribution in [0.15, 0.2) is 42.9 Å². The van der Waals surface area contributed by atoms with Gasteiger partial charge in [-0.3, -0.25) is 9.78 Å². The van der Waals surface area contributed by atoms with Crippen molar-refractivity contribution in [2.75, 3.05) is 5.32 Å². The summed E-state index contributed by atoms with van der Waals surface area (Å²) in [6.45, 7) is 1.94. The zero-order valence-electron chi connectivity index (χ0n) is 8.84. The average Bonchev–Trinajstić information content (AvgIpc) is 2.33. The molecule has 0 radical (unpaired) electrons. The lowest BCUT2D eigenvalue weighted by atomic mass is 10.2. The molecule has 0 atom stereocenters. The second kappa shape index (κ2) is 4.53. The summed E-state index contributed by atoms with van der Waals surface area (Å²) < 4.78 is 0. The van der Waals surface area contributed by atoms with Gasteiger partial charge in [-0.2, -0.15) is 0 Å². The first-order valence-corrected chi connectivity index (χ1v) is 4.90. The van der Waals surface area contributed by atoms with Gasteiger partial charge in [0.05, 0.1) is 5.56 Å². The number of nitrogens with zero attached hydrogens (tertiary/aromatic N) is 2. The van der Waals surface area contributed by atoms with Crippen LogP contribution >= 0.6 is 0 Å². The molecule has 0 aliphatic rings. The molecule has 0 fully saturated rings. The van der Waals surface area contributed by atoms with E-state index in [9.17, 15) is 4.79 Å². The Balaban J connectivity index is 2.11. The Labute approximate surface area is 93.4 Å². The molecule has 16 heavy (non-hydrogen) atoms. The Bertz CT molecular complexity index is 479. The number of hydrogen-bond acceptors (Lipinski definition) is 3. The lowest BCUT2D eigenvalue weighted by Gasteiger charge is -2.03. The quantitative estimate of drug-likeness (QED) is 0.830. The fraction of sp³-hybridized carbons (Fsp3) is 0.0833. The van der Waals surface area contributed by atoms with Gasteiger partial charge in [-0.1, -0.05) is 6.07 Å². The zero-order chi connectivity index (χ0) is 11.4. The SMILES string of the molecule is Cc1ccc(NC(=O)c2cccnc2)nc1. The highest BCUT2D eigenvalue weighted by Crippen LogP contribution is 2.06. The molecule has 0 aliphatic carbocycles. The molecule has 0 saturated carbocycles. The average molecular weight is 213 g/mol. The van der Waals surface area contributed by atoms with E-state index in [0.29, 0.717) is 11.4 Å². The highest BCUT2D eigenvalue weighted by molar-refractivity contribution is 6.03. The molecule has 0 aliphatic heterocycles. The van der Waals surface area contributed by atoms with Crippen LogP contribution in [-0.4, -0.2) is 15.9 Å². The Hall–Kier alpha value is -2.23. The third-order valence-electron chi connectivity index (χ3n) is 2.08. The first kappa shape index (κ1) is 10.3. The smallest absolute Gasteiger partial charge is 0.258 e. The molecule has 1 amide bonds. The van der Waals surface area contributed by atoms with Gasteiger partial charge in [0.15, 0.2) is 0 Å². The number of rotatable bonds is 2. The summed E-state index contributed by atoms with van der Waals surface area (Å²) in [5.41, 5.74) is 1.57. The van der Waals surface area contributed by atoms with Crippen molar-refractivity contribution in [2.24, 2.45) is 0 Å². The van der Waals surface area contributed by atoms with Gasteiger partial charge in [0.25, 0.3) is 5.91 Å². The van der Waals surface area contributed by atoms with Gasteiger partial charge in [-0.15, -0.1) is 0 Å². The van der Waals surface area contributed by atoms with Crippen molar-refractivity contribution in [1.82, 2.24) is 9.97 Å². The maximum Gasteiger partial charge on any atom is 0.258 e. The molecule has 2 heterocycles. The number of aryl methyl sites for hydroxylation is 1. The minimum atomic E-state index is -0.204. The Morgan fingerprint density at radius 2 is 2.12 bits per heavy atom. The number of amides is 1. The third-order valence-corrected chi connectivity index (χ3v) is 2.08. The fourth-order valence-corrected chi connectivity index (χ4v) is 1.23. The van der Waals surface area contributed by atoms with Crippen molar-refractivity contribution in [3.63, 3.8) is 0 Å². The number of hydrogen-bond donors (Lipinski definition) is 1. The maximum atomic E-state index is 11.7. The van der Waals surface area contributed by atoms with E-state index >= 15 is 0 Å². The summed E-state index contributed by atoms with van der Waals surface area (Å²) in [6, 6.07) is 7.09. The first-order valence-electron chi connectivity index (χ1n) is 4.90. The normalized spacial score (nSPS) is 9.81. The summed E-state index contributed by atoms with van der Waals surface area (Å²) in [5.74, 6) is 0.337. The van der Waals surface area contributed by atoms with Crippen LogP contribution in [0.25, 0.3) is 0 Å². The molecule has 2 aromatic rings.